The van der Waals surface area contributed by atoms with Crippen LogP contribution in [-0.2, 0) is 11.2 Å². The van der Waals surface area contributed by atoms with Gasteiger partial charge in [-0.15, -0.1) is 4.91 Å². The summed E-state index contributed by atoms with van der Waals surface area (Å²) in [6.45, 7) is 5.96. The Balaban J connectivity index is 1.46. The van der Waals surface area contributed by atoms with Crippen LogP contribution in [0.4, 0.5) is 11.4 Å². The normalized spacial score (nSPS) is 14.7. The second-order valence-electron chi connectivity index (χ2n) is 9.53. The van der Waals surface area contributed by atoms with E-state index in [-0.39, 0.29) is 23.9 Å². The maximum absolute atomic E-state index is 13.3. The van der Waals surface area contributed by atoms with Crippen LogP contribution in [0.2, 0.25) is 0 Å². The number of piperidine rings is 1. The molecular formula is C28H30N4O4. The van der Waals surface area contributed by atoms with Crippen molar-refractivity contribution in [1.82, 2.24) is 10.3 Å². The molecule has 1 amide bonds. The number of carbonyl (C=O) groups is 1. The molecule has 1 fully saturated rings. The Morgan fingerprint density at radius 3 is 2.64 bits per heavy atom. The van der Waals surface area contributed by atoms with Gasteiger partial charge in [-0.2, -0.15) is 0 Å². The molecule has 0 spiro atoms. The zero-order valence-corrected chi connectivity index (χ0v) is 20.5. The van der Waals surface area contributed by atoms with Gasteiger partial charge < -0.3 is 24.7 Å². The van der Waals surface area contributed by atoms with Gasteiger partial charge in [0.05, 0.1) is 11.9 Å². The number of benzene rings is 2. The van der Waals surface area contributed by atoms with Gasteiger partial charge in [-0.25, -0.2) is 0 Å². The Bertz CT molecular complexity index is 1410. The topological polar surface area (TPSA) is 111 Å². The van der Waals surface area contributed by atoms with Crippen molar-refractivity contribution >= 4 is 28.2 Å². The van der Waals surface area contributed by atoms with Crippen molar-refractivity contribution in [2.45, 2.75) is 45.6 Å². The van der Waals surface area contributed by atoms with Crippen molar-refractivity contribution in [3.05, 3.63) is 81.6 Å². The Morgan fingerprint density at radius 2 is 1.92 bits per heavy atom. The first-order chi connectivity index (χ1) is 17.4. The van der Waals surface area contributed by atoms with Gasteiger partial charge in [0.25, 0.3) is 0 Å². The molecule has 0 radical (unpaired) electrons. The maximum Gasteiger partial charge on any atom is 0.225 e. The molecule has 8 heteroatoms. The first-order valence-corrected chi connectivity index (χ1v) is 12.3. The number of amides is 1. The highest BCUT2D eigenvalue weighted by atomic mass is 16.3. The van der Waals surface area contributed by atoms with E-state index in [1.807, 2.05) is 19.1 Å². The van der Waals surface area contributed by atoms with Gasteiger partial charge in [0, 0.05) is 29.7 Å². The fourth-order valence-corrected chi connectivity index (χ4v) is 5.03. The summed E-state index contributed by atoms with van der Waals surface area (Å²) >= 11 is 0. The summed E-state index contributed by atoms with van der Waals surface area (Å²) in [7, 11) is 0. The molecule has 186 valence electrons. The van der Waals surface area contributed by atoms with E-state index in [1.165, 1.54) is 12.0 Å². The highest BCUT2D eigenvalue weighted by molar-refractivity contribution is 5.95. The standard InChI is InChI=1S/C28H30N4O4/c1-17-6-9-20(23(14-17)32-12-4-3-5-13-32)26(24-11-7-18(2)36-24)30-25(33)16-19-8-10-22-21(15-19)27(31-35)28(34)29-22/h6-11,14-15,26,29,34H,3-5,12-13,16H2,1-2H3,(H,30,33). The molecule has 3 heterocycles. The minimum absolute atomic E-state index is 0.0537. The Morgan fingerprint density at radius 1 is 1.11 bits per heavy atom. The van der Waals surface area contributed by atoms with Crippen LogP contribution in [0.3, 0.4) is 0 Å². The molecule has 8 nitrogen and oxygen atoms in total. The number of hydrogen-bond donors (Lipinski definition) is 3. The molecule has 2 aromatic heterocycles. The number of nitrogens with zero attached hydrogens (tertiary/aromatic N) is 2. The summed E-state index contributed by atoms with van der Waals surface area (Å²) < 4.78 is 6.00. The number of furan rings is 1. The summed E-state index contributed by atoms with van der Waals surface area (Å²) in [5.74, 6) is 1.00. The second-order valence-corrected chi connectivity index (χ2v) is 9.53. The smallest absolute Gasteiger partial charge is 0.225 e. The first-order valence-electron chi connectivity index (χ1n) is 12.3. The van der Waals surface area contributed by atoms with E-state index in [4.69, 9.17) is 4.42 Å². The van der Waals surface area contributed by atoms with Gasteiger partial charge in [-0.05, 0) is 79.7 Å². The quantitative estimate of drug-likeness (QED) is 0.281. The van der Waals surface area contributed by atoms with Crippen LogP contribution < -0.4 is 10.2 Å². The number of rotatable bonds is 7. The third kappa shape index (κ3) is 4.71. The summed E-state index contributed by atoms with van der Waals surface area (Å²) in [4.78, 5) is 29.6. The minimum atomic E-state index is -0.448. The van der Waals surface area contributed by atoms with E-state index in [0.29, 0.717) is 22.2 Å². The van der Waals surface area contributed by atoms with E-state index in [2.05, 4.69) is 45.5 Å². The number of aromatic nitrogens is 1. The van der Waals surface area contributed by atoms with Crippen molar-refractivity contribution < 1.29 is 14.3 Å². The van der Waals surface area contributed by atoms with E-state index < -0.39 is 6.04 Å². The van der Waals surface area contributed by atoms with E-state index in [1.54, 1.807) is 18.2 Å². The van der Waals surface area contributed by atoms with Crippen LogP contribution in [0, 0.1) is 18.8 Å². The average Bonchev–Trinajstić information content (AvgIpc) is 3.44. The largest absolute Gasteiger partial charge is 0.493 e. The Kier molecular flexibility index (Phi) is 6.50. The van der Waals surface area contributed by atoms with Gasteiger partial charge in [0.1, 0.15) is 17.6 Å². The number of anilines is 1. The zero-order valence-electron chi connectivity index (χ0n) is 20.5. The second kappa shape index (κ2) is 9.89. The highest BCUT2D eigenvalue weighted by Gasteiger charge is 2.26. The number of nitrogens with one attached hydrogen (secondary N) is 2. The first kappa shape index (κ1) is 23.7. The lowest BCUT2D eigenvalue weighted by atomic mass is 9.97. The molecule has 1 aliphatic heterocycles. The molecule has 1 unspecified atom stereocenters. The van der Waals surface area contributed by atoms with Gasteiger partial charge in [-0.3, -0.25) is 4.79 Å². The molecule has 4 aromatic rings. The molecule has 36 heavy (non-hydrogen) atoms. The van der Waals surface area contributed by atoms with Crippen LogP contribution in [0.5, 0.6) is 5.88 Å². The number of aryl methyl sites for hydroxylation is 2. The van der Waals surface area contributed by atoms with Gasteiger partial charge in [0.2, 0.25) is 11.8 Å². The molecule has 2 aromatic carbocycles. The average molecular weight is 487 g/mol. The monoisotopic (exact) mass is 486 g/mol. The molecule has 1 aliphatic rings. The number of hydrogen-bond acceptors (Lipinski definition) is 6. The lowest BCUT2D eigenvalue weighted by Gasteiger charge is -2.32. The van der Waals surface area contributed by atoms with Gasteiger partial charge >= 0.3 is 0 Å². The molecule has 3 N–H and O–H groups in total. The van der Waals surface area contributed by atoms with Crippen molar-refractivity contribution in [3.63, 3.8) is 0 Å². The van der Waals surface area contributed by atoms with E-state index >= 15 is 0 Å². The fourth-order valence-electron chi connectivity index (χ4n) is 5.03. The van der Waals surface area contributed by atoms with Crippen LogP contribution in [0.25, 0.3) is 10.9 Å². The van der Waals surface area contributed by atoms with Gasteiger partial charge in [-0.1, -0.05) is 18.2 Å². The zero-order chi connectivity index (χ0) is 25.2. The van der Waals surface area contributed by atoms with E-state index in [0.717, 1.165) is 42.9 Å². The van der Waals surface area contributed by atoms with Crippen molar-refractivity contribution in [2.24, 2.45) is 5.18 Å². The van der Waals surface area contributed by atoms with Crippen molar-refractivity contribution in [1.29, 1.82) is 0 Å². The predicted octanol–water partition coefficient (Wildman–Crippen LogP) is 5.92. The summed E-state index contributed by atoms with van der Waals surface area (Å²) in [5.41, 5.74) is 4.53. The lowest BCUT2D eigenvalue weighted by molar-refractivity contribution is -0.121. The fraction of sp³-hybridized carbons (Fsp3) is 0.321. The van der Waals surface area contributed by atoms with E-state index in [9.17, 15) is 14.8 Å². The third-order valence-electron chi connectivity index (χ3n) is 6.82. The SMILES string of the molecule is Cc1ccc(C(NC(=O)Cc2ccc3[nH]c(O)c(N=O)c3c2)c2ccc(C)o2)c(N2CCCCC2)c1. The molecule has 0 aliphatic carbocycles. The predicted molar refractivity (Wildman–Crippen MR) is 140 cm³/mol. The Hall–Kier alpha value is -4.07. The number of aromatic amines is 1. The van der Waals surface area contributed by atoms with Crippen LogP contribution >= 0.6 is 0 Å². The minimum Gasteiger partial charge on any atom is -0.493 e. The summed E-state index contributed by atoms with van der Waals surface area (Å²) in [6.07, 6.45) is 3.64. The Labute approximate surface area is 209 Å². The molecule has 1 saturated heterocycles. The van der Waals surface area contributed by atoms with Gasteiger partial charge in [0.15, 0.2) is 5.69 Å². The van der Waals surface area contributed by atoms with Crippen LogP contribution in [0.15, 0.2) is 58.1 Å². The van der Waals surface area contributed by atoms with Crippen LogP contribution in [0.1, 0.15) is 53.5 Å². The summed E-state index contributed by atoms with van der Waals surface area (Å²) in [5, 5.41) is 16.5. The lowest BCUT2D eigenvalue weighted by Crippen LogP contribution is -2.34. The molecule has 5 rings (SSSR count). The molecule has 0 saturated carbocycles. The molecular weight excluding hydrogens is 456 g/mol. The summed E-state index contributed by atoms with van der Waals surface area (Å²) in [6, 6.07) is 14.9. The van der Waals surface area contributed by atoms with Crippen molar-refractivity contribution in [3.8, 4) is 5.88 Å². The molecule has 1 atom stereocenters. The number of carbonyl (C=O) groups excluding carboxylic acids is 1. The third-order valence-corrected chi connectivity index (χ3v) is 6.82. The number of fused-ring (bicyclic) bond motifs is 1. The molecule has 0 bridgehead atoms. The number of H-pyrrole nitrogens is 1. The maximum atomic E-state index is 13.3. The number of aromatic hydroxyl groups is 1. The van der Waals surface area contributed by atoms with Crippen molar-refractivity contribution in [2.75, 3.05) is 18.0 Å². The number of nitroso groups, excluding NO2 is 1. The van der Waals surface area contributed by atoms with Crippen LogP contribution in [-0.4, -0.2) is 29.1 Å². The highest BCUT2D eigenvalue weighted by Crippen LogP contribution is 2.36.